The normalized spacial score (nSPS) is 14.9. The van der Waals surface area contributed by atoms with E-state index in [9.17, 15) is 14.4 Å². The summed E-state index contributed by atoms with van der Waals surface area (Å²) in [6, 6.07) is 14.3. The standard InChI is InChI=1S/C21H18ClN3O3S2/c1-13-6-8-14(9-7-13)12-17-20(28)25(21(29)30-17)11-10-18(26)23-24-19(27)15-4-2-3-5-16(15)22/h2-9,12H,10-11H2,1H3,(H,23,26)(H,24,27)/b17-12-. The molecule has 154 valence electrons. The molecule has 1 aliphatic rings. The maximum atomic E-state index is 12.6. The number of aryl methyl sites for hydroxylation is 1. The van der Waals surface area contributed by atoms with Gasteiger partial charge in [-0.15, -0.1) is 0 Å². The summed E-state index contributed by atoms with van der Waals surface area (Å²) >= 11 is 12.4. The molecule has 1 heterocycles. The molecule has 1 aliphatic heterocycles. The van der Waals surface area contributed by atoms with Crippen LogP contribution in [-0.4, -0.2) is 33.5 Å². The zero-order chi connectivity index (χ0) is 21.7. The van der Waals surface area contributed by atoms with E-state index in [1.54, 1.807) is 30.3 Å². The summed E-state index contributed by atoms with van der Waals surface area (Å²) in [4.78, 5) is 38.7. The number of thiocarbonyl (C=S) groups is 1. The van der Waals surface area contributed by atoms with Gasteiger partial charge in [0.2, 0.25) is 5.91 Å². The second-order valence-electron chi connectivity index (χ2n) is 6.48. The number of nitrogens with zero attached hydrogens (tertiary/aromatic N) is 1. The van der Waals surface area contributed by atoms with Crippen molar-refractivity contribution in [3.63, 3.8) is 0 Å². The van der Waals surface area contributed by atoms with Gasteiger partial charge in [-0.3, -0.25) is 30.1 Å². The molecule has 0 bridgehead atoms. The van der Waals surface area contributed by atoms with Crippen molar-refractivity contribution in [3.8, 4) is 0 Å². The number of hydrogen-bond acceptors (Lipinski definition) is 5. The third kappa shape index (κ3) is 5.47. The number of rotatable bonds is 5. The van der Waals surface area contributed by atoms with Crippen molar-refractivity contribution < 1.29 is 14.4 Å². The first-order valence-corrected chi connectivity index (χ1v) is 10.6. The lowest BCUT2D eigenvalue weighted by Crippen LogP contribution is -2.43. The minimum atomic E-state index is -0.527. The summed E-state index contributed by atoms with van der Waals surface area (Å²) in [6.45, 7) is 2.11. The Hall–Kier alpha value is -2.68. The van der Waals surface area contributed by atoms with Crippen molar-refractivity contribution in [2.24, 2.45) is 0 Å². The molecular formula is C21H18ClN3O3S2. The molecule has 2 N–H and O–H groups in total. The summed E-state index contributed by atoms with van der Waals surface area (Å²) in [5.41, 5.74) is 6.91. The minimum Gasteiger partial charge on any atom is -0.292 e. The molecule has 0 aromatic heterocycles. The molecule has 3 amide bonds. The van der Waals surface area contributed by atoms with Crippen LogP contribution in [0.15, 0.2) is 53.4 Å². The molecule has 9 heteroatoms. The first-order chi connectivity index (χ1) is 14.3. The molecular weight excluding hydrogens is 442 g/mol. The van der Waals surface area contributed by atoms with Gasteiger partial charge in [0.1, 0.15) is 4.32 Å². The first-order valence-electron chi connectivity index (χ1n) is 9.01. The SMILES string of the molecule is Cc1ccc(/C=C2\SC(=S)N(CCC(=O)NNC(=O)c3ccccc3Cl)C2=O)cc1. The summed E-state index contributed by atoms with van der Waals surface area (Å²) in [7, 11) is 0. The monoisotopic (exact) mass is 459 g/mol. The van der Waals surface area contributed by atoms with Crippen LogP contribution in [0, 0.1) is 6.92 Å². The predicted octanol–water partition coefficient (Wildman–Crippen LogP) is 3.70. The van der Waals surface area contributed by atoms with Crippen molar-refractivity contribution in [2.45, 2.75) is 13.3 Å². The number of amides is 3. The number of carbonyl (C=O) groups is 3. The molecule has 0 aliphatic carbocycles. The zero-order valence-electron chi connectivity index (χ0n) is 16.0. The van der Waals surface area contributed by atoms with Gasteiger partial charge in [-0.25, -0.2) is 0 Å². The van der Waals surface area contributed by atoms with Crippen LogP contribution in [-0.2, 0) is 9.59 Å². The number of thioether (sulfide) groups is 1. The third-order valence-corrected chi connectivity index (χ3v) is 5.95. The largest absolute Gasteiger partial charge is 0.292 e. The van der Waals surface area contributed by atoms with Gasteiger partial charge in [-0.05, 0) is 30.7 Å². The Labute approximate surface area is 188 Å². The Bertz CT molecular complexity index is 1040. The molecule has 0 saturated carbocycles. The van der Waals surface area contributed by atoms with E-state index in [4.69, 9.17) is 23.8 Å². The summed E-state index contributed by atoms with van der Waals surface area (Å²) in [5.74, 6) is -1.22. The topological polar surface area (TPSA) is 78.5 Å². The van der Waals surface area contributed by atoms with Crippen molar-refractivity contribution in [1.29, 1.82) is 0 Å². The average Bonchev–Trinajstić information content (AvgIpc) is 2.99. The number of carbonyl (C=O) groups excluding carboxylic acids is 3. The lowest BCUT2D eigenvalue weighted by Gasteiger charge is -2.14. The Morgan fingerprint density at radius 3 is 2.53 bits per heavy atom. The quantitative estimate of drug-likeness (QED) is 0.405. The highest BCUT2D eigenvalue weighted by atomic mass is 35.5. The van der Waals surface area contributed by atoms with Gasteiger partial charge in [-0.2, -0.15) is 0 Å². The van der Waals surface area contributed by atoms with Crippen molar-refractivity contribution >= 4 is 63.7 Å². The Kier molecular flexibility index (Phi) is 7.25. The van der Waals surface area contributed by atoms with E-state index >= 15 is 0 Å². The van der Waals surface area contributed by atoms with Crippen molar-refractivity contribution in [2.75, 3.05) is 6.54 Å². The van der Waals surface area contributed by atoms with Gasteiger partial charge in [-0.1, -0.05) is 77.5 Å². The highest BCUT2D eigenvalue weighted by Crippen LogP contribution is 2.32. The fourth-order valence-electron chi connectivity index (χ4n) is 2.62. The van der Waals surface area contributed by atoms with Gasteiger partial charge in [0.25, 0.3) is 11.8 Å². The van der Waals surface area contributed by atoms with E-state index in [0.29, 0.717) is 9.23 Å². The van der Waals surface area contributed by atoms with Gasteiger partial charge in [0.15, 0.2) is 0 Å². The Balaban J connectivity index is 1.52. The number of hydrazine groups is 1. The van der Waals surface area contributed by atoms with Crippen LogP contribution < -0.4 is 10.9 Å². The second kappa shape index (κ2) is 9.88. The van der Waals surface area contributed by atoms with E-state index in [-0.39, 0.29) is 29.5 Å². The molecule has 1 fully saturated rings. The second-order valence-corrected chi connectivity index (χ2v) is 8.56. The molecule has 0 radical (unpaired) electrons. The fraction of sp³-hybridized carbons (Fsp3) is 0.143. The van der Waals surface area contributed by atoms with E-state index in [1.165, 1.54) is 16.7 Å². The number of nitrogens with one attached hydrogen (secondary N) is 2. The molecule has 0 atom stereocenters. The van der Waals surface area contributed by atoms with Gasteiger partial charge < -0.3 is 0 Å². The van der Waals surface area contributed by atoms with Crippen LogP contribution >= 0.6 is 35.6 Å². The molecule has 2 aromatic carbocycles. The van der Waals surface area contributed by atoms with E-state index < -0.39 is 11.8 Å². The van der Waals surface area contributed by atoms with Gasteiger partial charge in [0.05, 0.1) is 15.5 Å². The van der Waals surface area contributed by atoms with Crippen LogP contribution in [0.2, 0.25) is 5.02 Å². The van der Waals surface area contributed by atoms with Gasteiger partial charge in [0, 0.05) is 13.0 Å². The highest BCUT2D eigenvalue weighted by Gasteiger charge is 2.32. The van der Waals surface area contributed by atoms with Crippen LogP contribution in [0.5, 0.6) is 0 Å². The lowest BCUT2D eigenvalue weighted by molar-refractivity contribution is -0.124. The smallest absolute Gasteiger partial charge is 0.271 e. The minimum absolute atomic E-state index is 0.0208. The Morgan fingerprint density at radius 1 is 1.13 bits per heavy atom. The predicted molar refractivity (Wildman–Crippen MR) is 123 cm³/mol. The van der Waals surface area contributed by atoms with Crippen LogP contribution in [0.4, 0.5) is 0 Å². The molecule has 30 heavy (non-hydrogen) atoms. The lowest BCUT2D eigenvalue weighted by atomic mass is 10.1. The fourth-order valence-corrected chi connectivity index (χ4v) is 4.15. The molecule has 0 unspecified atom stereocenters. The zero-order valence-corrected chi connectivity index (χ0v) is 18.4. The van der Waals surface area contributed by atoms with E-state index in [1.807, 2.05) is 31.2 Å². The summed E-state index contributed by atoms with van der Waals surface area (Å²) < 4.78 is 0.395. The Morgan fingerprint density at radius 2 is 1.83 bits per heavy atom. The van der Waals surface area contributed by atoms with Crippen molar-refractivity contribution in [3.05, 3.63) is 75.1 Å². The highest BCUT2D eigenvalue weighted by molar-refractivity contribution is 8.26. The molecule has 1 saturated heterocycles. The van der Waals surface area contributed by atoms with Crippen LogP contribution in [0.3, 0.4) is 0 Å². The maximum absolute atomic E-state index is 12.6. The van der Waals surface area contributed by atoms with Crippen molar-refractivity contribution in [1.82, 2.24) is 15.8 Å². The van der Waals surface area contributed by atoms with Crippen LogP contribution in [0.25, 0.3) is 6.08 Å². The molecule has 3 rings (SSSR count). The summed E-state index contributed by atoms with van der Waals surface area (Å²) in [6.07, 6.45) is 1.76. The molecule has 0 spiro atoms. The average molecular weight is 460 g/mol. The maximum Gasteiger partial charge on any atom is 0.271 e. The summed E-state index contributed by atoms with van der Waals surface area (Å²) in [5, 5.41) is 0.280. The van der Waals surface area contributed by atoms with Crippen LogP contribution in [0.1, 0.15) is 27.9 Å². The van der Waals surface area contributed by atoms with E-state index in [2.05, 4.69) is 10.9 Å². The van der Waals surface area contributed by atoms with E-state index in [0.717, 1.165) is 11.1 Å². The van der Waals surface area contributed by atoms with Gasteiger partial charge >= 0.3 is 0 Å². The first kappa shape index (κ1) is 22.0. The number of halogens is 1. The molecule has 2 aromatic rings. The number of hydrogen-bond donors (Lipinski definition) is 2. The third-order valence-electron chi connectivity index (χ3n) is 4.25. The number of benzene rings is 2. The molecule has 6 nitrogen and oxygen atoms in total.